The molecule has 3 heteroatoms. The summed E-state index contributed by atoms with van der Waals surface area (Å²) in [5, 5.41) is 0. The fourth-order valence-corrected chi connectivity index (χ4v) is 3.19. The molecule has 0 aromatic heterocycles. The number of allylic oxidation sites excluding steroid dienone is 9. The first kappa shape index (κ1) is 23.9. The Labute approximate surface area is 170 Å². The van der Waals surface area contributed by atoms with E-state index in [1.54, 1.807) is 19.3 Å². The Morgan fingerprint density at radius 2 is 1.75 bits per heavy atom. The second kappa shape index (κ2) is 11.6. The number of carbonyl (C=O) groups is 2. The van der Waals surface area contributed by atoms with Gasteiger partial charge in [0.25, 0.3) is 0 Å². The lowest BCUT2D eigenvalue weighted by Crippen LogP contribution is -2.13. The molecular formula is C25H36O3. The van der Waals surface area contributed by atoms with E-state index in [0.717, 1.165) is 37.0 Å². The van der Waals surface area contributed by atoms with E-state index >= 15 is 0 Å². The molecule has 0 amide bonds. The maximum absolute atomic E-state index is 12.6. The van der Waals surface area contributed by atoms with Crippen LogP contribution in [-0.4, -0.2) is 18.7 Å². The second-order valence-electron chi connectivity index (χ2n) is 7.54. The summed E-state index contributed by atoms with van der Waals surface area (Å²) in [7, 11) is 1.60. The van der Waals surface area contributed by atoms with Crippen LogP contribution in [0.1, 0.15) is 73.1 Å². The monoisotopic (exact) mass is 384 g/mol. The van der Waals surface area contributed by atoms with Crippen molar-refractivity contribution in [2.45, 2.75) is 73.1 Å². The third-order valence-corrected chi connectivity index (χ3v) is 5.45. The summed E-state index contributed by atoms with van der Waals surface area (Å²) in [5.74, 6) is 0.554. The van der Waals surface area contributed by atoms with Crippen LogP contribution in [0.15, 0.2) is 58.9 Å². The van der Waals surface area contributed by atoms with Crippen molar-refractivity contribution in [3.05, 3.63) is 58.9 Å². The highest BCUT2D eigenvalue weighted by molar-refractivity contribution is 6.14. The summed E-state index contributed by atoms with van der Waals surface area (Å²) in [6.45, 7) is 10.7. The molecule has 0 aliphatic heterocycles. The largest absolute Gasteiger partial charge is 0.497 e. The minimum absolute atomic E-state index is 0.0553. The third-order valence-electron chi connectivity index (χ3n) is 5.45. The van der Waals surface area contributed by atoms with Gasteiger partial charge < -0.3 is 4.74 Å². The number of rotatable bonds is 7. The number of methoxy groups -OCH3 is 1. The van der Waals surface area contributed by atoms with Crippen molar-refractivity contribution < 1.29 is 14.3 Å². The Morgan fingerprint density at radius 3 is 2.39 bits per heavy atom. The van der Waals surface area contributed by atoms with Gasteiger partial charge in [0.1, 0.15) is 5.76 Å². The van der Waals surface area contributed by atoms with Crippen LogP contribution in [0, 0.1) is 5.41 Å². The van der Waals surface area contributed by atoms with Gasteiger partial charge in [0.2, 0.25) is 0 Å². The number of carbonyl (C=O) groups excluding carboxylic acids is 2. The van der Waals surface area contributed by atoms with Gasteiger partial charge in [-0.2, -0.15) is 0 Å². The predicted octanol–water partition coefficient (Wildman–Crippen LogP) is 6.43. The molecule has 0 radical (unpaired) electrons. The molecule has 0 unspecified atom stereocenters. The summed E-state index contributed by atoms with van der Waals surface area (Å²) in [6, 6.07) is 0. The topological polar surface area (TPSA) is 43.4 Å². The maximum Gasteiger partial charge on any atom is 0.170 e. The first-order valence-electron chi connectivity index (χ1n) is 10.5. The van der Waals surface area contributed by atoms with Gasteiger partial charge in [-0.3, -0.25) is 9.59 Å². The number of hydrogen-bond donors (Lipinski definition) is 0. The normalized spacial score (nSPS) is 16.9. The van der Waals surface area contributed by atoms with Crippen molar-refractivity contribution in [1.82, 2.24) is 0 Å². The van der Waals surface area contributed by atoms with E-state index in [-0.39, 0.29) is 23.4 Å². The Bertz CT molecular complexity index is 712. The van der Waals surface area contributed by atoms with Crippen LogP contribution in [-0.2, 0) is 14.3 Å². The molecule has 0 spiro atoms. The number of Topliss-reactive ketones (excluding diaryl/α,β-unsaturated/α-hetero) is 2. The summed E-state index contributed by atoms with van der Waals surface area (Å²) in [4.78, 5) is 25.1. The van der Waals surface area contributed by atoms with Crippen LogP contribution in [0.3, 0.4) is 0 Å². The highest BCUT2D eigenvalue weighted by Gasteiger charge is 2.23. The summed E-state index contributed by atoms with van der Waals surface area (Å²) in [6.07, 6.45) is 15.7. The molecule has 0 atom stereocenters. The van der Waals surface area contributed by atoms with E-state index in [9.17, 15) is 9.59 Å². The Hall–Kier alpha value is -2.16. The molecule has 0 heterocycles. The van der Waals surface area contributed by atoms with Crippen LogP contribution < -0.4 is 0 Å². The van der Waals surface area contributed by atoms with Gasteiger partial charge in [-0.05, 0) is 61.3 Å². The zero-order valence-electron chi connectivity index (χ0n) is 18.4. The van der Waals surface area contributed by atoms with Gasteiger partial charge in [0, 0.05) is 5.57 Å². The van der Waals surface area contributed by atoms with Crippen LogP contribution in [0.5, 0.6) is 0 Å². The van der Waals surface area contributed by atoms with Crippen molar-refractivity contribution in [3.63, 3.8) is 0 Å². The van der Waals surface area contributed by atoms with Gasteiger partial charge in [0.05, 0.1) is 13.5 Å². The summed E-state index contributed by atoms with van der Waals surface area (Å²) >= 11 is 0. The fraction of sp³-hybridized carbons (Fsp3) is 0.520. The van der Waals surface area contributed by atoms with Crippen molar-refractivity contribution in [1.29, 1.82) is 0 Å². The van der Waals surface area contributed by atoms with E-state index in [1.807, 2.05) is 32.1 Å². The SMILES string of the molecule is CC.CCC(C)(C)C1=CC=C(C(=O)CC(=O)C2=CCC=C(OC)C=C2)CCC1. The van der Waals surface area contributed by atoms with Gasteiger partial charge in [-0.15, -0.1) is 0 Å². The molecule has 28 heavy (non-hydrogen) atoms. The molecule has 154 valence electrons. The second-order valence-corrected chi connectivity index (χ2v) is 7.54. The predicted molar refractivity (Wildman–Crippen MR) is 117 cm³/mol. The highest BCUT2D eigenvalue weighted by Crippen LogP contribution is 2.35. The molecule has 2 aliphatic rings. The minimum Gasteiger partial charge on any atom is -0.497 e. The van der Waals surface area contributed by atoms with E-state index in [2.05, 4.69) is 26.8 Å². The summed E-state index contributed by atoms with van der Waals surface area (Å²) < 4.78 is 5.18. The van der Waals surface area contributed by atoms with Gasteiger partial charge >= 0.3 is 0 Å². The molecule has 0 fully saturated rings. The lowest BCUT2D eigenvalue weighted by atomic mass is 9.79. The minimum atomic E-state index is -0.125. The molecule has 0 N–H and O–H groups in total. The Kier molecular flexibility index (Phi) is 9.92. The van der Waals surface area contributed by atoms with Crippen molar-refractivity contribution in [2.75, 3.05) is 7.11 Å². The molecule has 2 rings (SSSR count). The average molecular weight is 385 g/mol. The molecule has 0 saturated carbocycles. The highest BCUT2D eigenvalue weighted by atomic mass is 16.5. The zero-order chi connectivity index (χ0) is 21.2. The van der Waals surface area contributed by atoms with Crippen molar-refractivity contribution in [2.24, 2.45) is 5.41 Å². The molecule has 0 bridgehead atoms. The van der Waals surface area contributed by atoms with Gasteiger partial charge in [-0.25, -0.2) is 0 Å². The molecule has 3 nitrogen and oxygen atoms in total. The lowest BCUT2D eigenvalue weighted by molar-refractivity contribution is -0.123. The van der Waals surface area contributed by atoms with E-state index in [4.69, 9.17) is 4.74 Å². The zero-order valence-corrected chi connectivity index (χ0v) is 18.4. The van der Waals surface area contributed by atoms with E-state index < -0.39 is 0 Å². The number of ether oxygens (including phenoxy) is 1. The number of ketones is 2. The quantitative estimate of drug-likeness (QED) is 0.475. The van der Waals surface area contributed by atoms with Crippen molar-refractivity contribution in [3.8, 4) is 0 Å². The van der Waals surface area contributed by atoms with Gasteiger partial charge in [-0.1, -0.05) is 58.4 Å². The van der Waals surface area contributed by atoms with Crippen LogP contribution >= 0.6 is 0 Å². The van der Waals surface area contributed by atoms with Crippen LogP contribution in [0.2, 0.25) is 0 Å². The first-order chi connectivity index (χ1) is 13.4. The van der Waals surface area contributed by atoms with E-state index in [0.29, 0.717) is 12.0 Å². The molecule has 0 aromatic carbocycles. The third kappa shape index (κ3) is 6.78. The maximum atomic E-state index is 12.6. The summed E-state index contributed by atoms with van der Waals surface area (Å²) in [5.41, 5.74) is 2.90. The molecule has 2 aliphatic carbocycles. The Balaban J connectivity index is 0.00000190. The molecule has 0 saturated heterocycles. The number of hydrogen-bond acceptors (Lipinski definition) is 3. The lowest BCUT2D eigenvalue weighted by Gasteiger charge is -2.26. The van der Waals surface area contributed by atoms with Gasteiger partial charge in [0.15, 0.2) is 11.6 Å². The molecule has 0 aromatic rings. The van der Waals surface area contributed by atoms with Crippen LogP contribution in [0.4, 0.5) is 0 Å². The van der Waals surface area contributed by atoms with Crippen LogP contribution in [0.25, 0.3) is 0 Å². The van der Waals surface area contributed by atoms with E-state index in [1.165, 1.54) is 5.57 Å². The molecular weight excluding hydrogens is 348 g/mol. The Morgan fingerprint density at radius 1 is 1.04 bits per heavy atom. The van der Waals surface area contributed by atoms with Crippen molar-refractivity contribution >= 4 is 11.6 Å². The fourth-order valence-electron chi connectivity index (χ4n) is 3.19. The first-order valence-corrected chi connectivity index (χ1v) is 10.5. The smallest absolute Gasteiger partial charge is 0.170 e. The standard InChI is InChI=1S/C23H30O3.C2H6/c1-5-23(2,3)19-10-6-8-17(12-14-19)21(24)16-22(25)18-9-7-11-20(26-4)15-13-18;1-2/h9,11-15H,5-8,10,16H2,1-4H3;1-2H3. The average Bonchev–Trinajstić information content (AvgIpc) is 3.10.